The number of carbonyl (C=O) groups excluding carboxylic acids is 1. The van der Waals surface area contributed by atoms with Gasteiger partial charge >= 0.3 is 6.09 Å². The molecule has 0 radical (unpaired) electrons. The summed E-state index contributed by atoms with van der Waals surface area (Å²) in [6.07, 6.45) is 0.925. The lowest BCUT2D eigenvalue weighted by Gasteiger charge is -2.19. The number of hydrogen-bond acceptors (Lipinski definition) is 4. The zero-order valence-corrected chi connectivity index (χ0v) is 13.6. The highest BCUT2D eigenvalue weighted by molar-refractivity contribution is 5.67. The van der Waals surface area contributed by atoms with Crippen molar-refractivity contribution in [1.82, 2.24) is 10.3 Å². The topological polar surface area (TPSA) is 60.5 Å². The monoisotopic (exact) mass is 336 g/mol. The van der Waals surface area contributed by atoms with Gasteiger partial charge in [0.25, 0.3) is 0 Å². The molecule has 0 spiro atoms. The fraction of sp³-hybridized carbons (Fsp3) is 0.294. The number of nitrogens with zero attached hydrogens (tertiary/aromatic N) is 1. The molecule has 5 nitrogen and oxygen atoms in total. The Bertz CT molecular complexity index is 713. The van der Waals surface area contributed by atoms with E-state index in [0.717, 1.165) is 6.07 Å². The summed E-state index contributed by atoms with van der Waals surface area (Å²) in [6.45, 7) is 5.53. The molecular formula is C17H18F2N2O3. The molecule has 0 aliphatic carbocycles. The Labute approximate surface area is 138 Å². The van der Waals surface area contributed by atoms with Crippen LogP contribution in [-0.2, 0) is 11.3 Å². The van der Waals surface area contributed by atoms with Crippen LogP contribution in [0.15, 0.2) is 36.5 Å². The quantitative estimate of drug-likeness (QED) is 0.910. The van der Waals surface area contributed by atoms with Gasteiger partial charge in [-0.05, 0) is 38.5 Å². The summed E-state index contributed by atoms with van der Waals surface area (Å²) in [4.78, 5) is 15.5. The van der Waals surface area contributed by atoms with E-state index in [4.69, 9.17) is 9.47 Å². The first kappa shape index (κ1) is 17.7. The van der Waals surface area contributed by atoms with Gasteiger partial charge in [-0.3, -0.25) is 0 Å². The van der Waals surface area contributed by atoms with E-state index in [-0.39, 0.29) is 18.2 Å². The van der Waals surface area contributed by atoms with Crippen LogP contribution < -0.4 is 10.1 Å². The van der Waals surface area contributed by atoms with Gasteiger partial charge in [0.2, 0.25) is 11.7 Å². The van der Waals surface area contributed by atoms with Crippen molar-refractivity contribution in [3.8, 4) is 11.6 Å². The van der Waals surface area contributed by atoms with Gasteiger partial charge in [0.15, 0.2) is 11.6 Å². The minimum atomic E-state index is -1.07. The van der Waals surface area contributed by atoms with Crippen molar-refractivity contribution in [1.29, 1.82) is 0 Å². The second-order valence-corrected chi connectivity index (χ2v) is 6.01. The predicted molar refractivity (Wildman–Crippen MR) is 83.7 cm³/mol. The summed E-state index contributed by atoms with van der Waals surface area (Å²) in [5, 5.41) is 2.59. The van der Waals surface area contributed by atoms with Gasteiger partial charge in [-0.25, -0.2) is 14.2 Å². The Morgan fingerprint density at radius 3 is 2.58 bits per heavy atom. The van der Waals surface area contributed by atoms with Crippen molar-refractivity contribution >= 4 is 6.09 Å². The number of halogens is 2. The molecule has 7 heteroatoms. The zero-order chi connectivity index (χ0) is 17.7. The van der Waals surface area contributed by atoms with E-state index >= 15 is 0 Å². The Balaban J connectivity index is 1.93. The molecule has 24 heavy (non-hydrogen) atoms. The molecule has 0 fully saturated rings. The third-order valence-corrected chi connectivity index (χ3v) is 2.76. The SMILES string of the molecule is CC(C)(C)OC(=O)NCc1ccc(Oc2cccc(F)c2F)nc1. The number of alkyl carbamates (subject to hydrolysis) is 1. The molecule has 0 aliphatic rings. The van der Waals surface area contributed by atoms with Gasteiger partial charge in [-0.2, -0.15) is 4.39 Å². The Morgan fingerprint density at radius 1 is 1.21 bits per heavy atom. The third kappa shape index (κ3) is 5.19. The molecule has 2 rings (SSSR count). The molecule has 0 atom stereocenters. The van der Waals surface area contributed by atoms with Crippen LogP contribution in [0.2, 0.25) is 0 Å². The van der Waals surface area contributed by atoms with Crippen LogP contribution in [-0.4, -0.2) is 16.7 Å². The number of nitrogens with one attached hydrogen (secondary N) is 1. The van der Waals surface area contributed by atoms with Gasteiger partial charge in [0, 0.05) is 18.8 Å². The highest BCUT2D eigenvalue weighted by atomic mass is 19.2. The minimum absolute atomic E-state index is 0.112. The summed E-state index contributed by atoms with van der Waals surface area (Å²) in [6, 6.07) is 6.79. The largest absolute Gasteiger partial charge is 0.444 e. The van der Waals surface area contributed by atoms with Crippen LogP contribution in [0.3, 0.4) is 0 Å². The van der Waals surface area contributed by atoms with Crippen LogP contribution >= 0.6 is 0 Å². The molecule has 0 unspecified atom stereocenters. The summed E-state index contributed by atoms with van der Waals surface area (Å²) in [5.41, 5.74) is 0.127. The van der Waals surface area contributed by atoms with Gasteiger partial charge in [-0.15, -0.1) is 0 Å². The summed E-state index contributed by atoms with van der Waals surface area (Å²) in [5.74, 6) is -2.21. The minimum Gasteiger partial charge on any atom is -0.444 e. The van der Waals surface area contributed by atoms with Crippen LogP contribution in [0.4, 0.5) is 13.6 Å². The van der Waals surface area contributed by atoms with Crippen LogP contribution in [0, 0.1) is 11.6 Å². The molecule has 1 aromatic heterocycles. The maximum atomic E-state index is 13.5. The molecule has 1 aromatic carbocycles. The first-order valence-corrected chi connectivity index (χ1v) is 7.28. The zero-order valence-electron chi connectivity index (χ0n) is 13.6. The lowest BCUT2D eigenvalue weighted by Crippen LogP contribution is -2.32. The normalized spacial score (nSPS) is 11.0. The number of carbonyl (C=O) groups is 1. The number of aromatic nitrogens is 1. The van der Waals surface area contributed by atoms with Crippen molar-refractivity contribution in [2.75, 3.05) is 0 Å². The van der Waals surface area contributed by atoms with Gasteiger partial charge in [0.1, 0.15) is 5.60 Å². The van der Waals surface area contributed by atoms with Crippen molar-refractivity contribution in [3.63, 3.8) is 0 Å². The lowest BCUT2D eigenvalue weighted by molar-refractivity contribution is 0.0523. The number of benzene rings is 1. The van der Waals surface area contributed by atoms with E-state index in [0.29, 0.717) is 5.56 Å². The van der Waals surface area contributed by atoms with Gasteiger partial charge in [0.05, 0.1) is 0 Å². The highest BCUT2D eigenvalue weighted by Crippen LogP contribution is 2.24. The number of rotatable bonds is 4. The lowest BCUT2D eigenvalue weighted by atomic mass is 10.2. The first-order valence-electron chi connectivity index (χ1n) is 7.28. The second-order valence-electron chi connectivity index (χ2n) is 6.01. The summed E-state index contributed by atoms with van der Waals surface area (Å²) in [7, 11) is 0. The van der Waals surface area contributed by atoms with Crippen molar-refractivity contribution in [2.24, 2.45) is 0 Å². The molecule has 1 N–H and O–H groups in total. The molecule has 1 heterocycles. The maximum Gasteiger partial charge on any atom is 0.407 e. The fourth-order valence-corrected chi connectivity index (χ4v) is 1.74. The fourth-order valence-electron chi connectivity index (χ4n) is 1.74. The van der Waals surface area contributed by atoms with Crippen LogP contribution in [0.25, 0.3) is 0 Å². The number of amides is 1. The van der Waals surface area contributed by atoms with E-state index in [1.165, 1.54) is 24.4 Å². The predicted octanol–water partition coefficient (Wildman–Crippen LogP) is 4.18. The molecule has 1 amide bonds. The van der Waals surface area contributed by atoms with Crippen molar-refractivity contribution < 1.29 is 23.0 Å². The van der Waals surface area contributed by atoms with Crippen molar-refractivity contribution in [2.45, 2.75) is 32.9 Å². The smallest absolute Gasteiger partial charge is 0.407 e. The average molecular weight is 336 g/mol. The maximum absolute atomic E-state index is 13.5. The van der Waals surface area contributed by atoms with Crippen LogP contribution in [0.5, 0.6) is 11.6 Å². The van der Waals surface area contributed by atoms with E-state index in [2.05, 4.69) is 10.3 Å². The van der Waals surface area contributed by atoms with Gasteiger partial charge in [-0.1, -0.05) is 12.1 Å². The summed E-state index contributed by atoms with van der Waals surface area (Å²) < 4.78 is 36.9. The molecule has 2 aromatic rings. The number of hydrogen-bond donors (Lipinski definition) is 1. The standard InChI is InChI=1S/C17H18F2N2O3/c1-17(2,3)24-16(22)21-10-11-7-8-14(20-9-11)23-13-6-4-5-12(18)15(13)19/h4-9H,10H2,1-3H3,(H,21,22). The second kappa shape index (κ2) is 7.25. The van der Waals surface area contributed by atoms with Gasteiger partial charge < -0.3 is 14.8 Å². The highest BCUT2D eigenvalue weighted by Gasteiger charge is 2.15. The van der Waals surface area contributed by atoms with E-state index in [9.17, 15) is 13.6 Å². The summed E-state index contributed by atoms with van der Waals surface area (Å²) >= 11 is 0. The Kier molecular flexibility index (Phi) is 5.33. The Morgan fingerprint density at radius 2 is 1.96 bits per heavy atom. The molecule has 0 aliphatic heterocycles. The number of pyridine rings is 1. The number of ether oxygens (including phenoxy) is 2. The molecule has 0 saturated carbocycles. The van der Waals surface area contributed by atoms with E-state index < -0.39 is 23.3 Å². The third-order valence-electron chi connectivity index (χ3n) is 2.76. The molecule has 128 valence electrons. The molecule has 0 saturated heterocycles. The van der Waals surface area contributed by atoms with Crippen molar-refractivity contribution in [3.05, 3.63) is 53.7 Å². The Hall–Kier alpha value is -2.70. The van der Waals surface area contributed by atoms with Crippen LogP contribution in [0.1, 0.15) is 26.3 Å². The first-order chi connectivity index (χ1) is 11.2. The average Bonchev–Trinajstić information content (AvgIpc) is 2.49. The molecule has 0 bridgehead atoms. The molecular weight excluding hydrogens is 318 g/mol. The van der Waals surface area contributed by atoms with E-state index in [1.807, 2.05) is 0 Å². The van der Waals surface area contributed by atoms with E-state index in [1.54, 1.807) is 26.8 Å².